The molecule has 0 amide bonds. The van der Waals surface area contributed by atoms with Crippen molar-refractivity contribution < 1.29 is 9.13 Å². The molecule has 2 rings (SSSR count). The molecule has 2 aromatic rings. The van der Waals surface area contributed by atoms with Gasteiger partial charge in [0, 0.05) is 16.3 Å². The normalized spacial score (nSPS) is 12.4. The van der Waals surface area contributed by atoms with Crippen molar-refractivity contribution in [2.45, 2.75) is 25.8 Å². The molecule has 0 aliphatic rings. The monoisotopic (exact) mass is 327 g/mol. The zero-order valence-electron chi connectivity index (χ0n) is 12.2. The van der Waals surface area contributed by atoms with Crippen LogP contribution in [-0.2, 0) is 6.42 Å². The van der Waals surface area contributed by atoms with E-state index < -0.39 is 0 Å². The highest BCUT2D eigenvalue weighted by Gasteiger charge is 2.15. The number of ether oxygens (including phenoxy) is 1. The van der Waals surface area contributed by atoms with Crippen LogP contribution in [0.25, 0.3) is 0 Å². The van der Waals surface area contributed by atoms with E-state index in [0.717, 1.165) is 30.7 Å². The molecule has 2 nitrogen and oxygen atoms in total. The van der Waals surface area contributed by atoms with E-state index in [2.05, 4.69) is 12.2 Å². The Morgan fingerprint density at radius 2 is 2.19 bits per heavy atom. The Bertz CT molecular complexity index is 587. The molecule has 0 bridgehead atoms. The number of methoxy groups -OCH3 is 1. The van der Waals surface area contributed by atoms with Crippen molar-refractivity contribution in [2.24, 2.45) is 0 Å². The van der Waals surface area contributed by atoms with E-state index >= 15 is 0 Å². The van der Waals surface area contributed by atoms with Gasteiger partial charge in [0.25, 0.3) is 0 Å². The van der Waals surface area contributed by atoms with Gasteiger partial charge < -0.3 is 10.1 Å². The van der Waals surface area contributed by atoms with Gasteiger partial charge >= 0.3 is 0 Å². The summed E-state index contributed by atoms with van der Waals surface area (Å²) in [4.78, 5) is 1.21. The molecule has 1 aromatic heterocycles. The molecular formula is C16H19ClFNOS. The summed E-state index contributed by atoms with van der Waals surface area (Å²) >= 11 is 7.53. The Hall–Kier alpha value is -1.10. The van der Waals surface area contributed by atoms with Crippen LogP contribution < -0.4 is 10.1 Å². The second-order valence-corrected chi connectivity index (χ2v) is 6.20. The van der Waals surface area contributed by atoms with E-state index in [0.29, 0.717) is 0 Å². The summed E-state index contributed by atoms with van der Waals surface area (Å²) in [6.07, 6.45) is 1.83. The molecule has 21 heavy (non-hydrogen) atoms. The van der Waals surface area contributed by atoms with Crippen LogP contribution in [0.2, 0.25) is 5.02 Å². The quantitative estimate of drug-likeness (QED) is 0.786. The van der Waals surface area contributed by atoms with Gasteiger partial charge in [-0.3, -0.25) is 0 Å². The molecule has 0 saturated heterocycles. The van der Waals surface area contributed by atoms with Gasteiger partial charge in [0.05, 0.1) is 12.1 Å². The fourth-order valence-corrected chi connectivity index (χ4v) is 3.25. The van der Waals surface area contributed by atoms with Crippen molar-refractivity contribution in [3.8, 4) is 5.75 Å². The lowest BCUT2D eigenvalue weighted by Gasteiger charge is -2.17. The summed E-state index contributed by atoms with van der Waals surface area (Å²) in [7, 11) is 1.67. The minimum atomic E-state index is -0.378. The van der Waals surface area contributed by atoms with Crippen LogP contribution >= 0.6 is 22.9 Å². The van der Waals surface area contributed by atoms with Gasteiger partial charge in [0.1, 0.15) is 11.6 Å². The zero-order valence-corrected chi connectivity index (χ0v) is 13.7. The summed E-state index contributed by atoms with van der Waals surface area (Å²) in [6.45, 7) is 3.06. The van der Waals surface area contributed by atoms with Crippen LogP contribution in [0.1, 0.15) is 29.8 Å². The summed E-state index contributed by atoms with van der Waals surface area (Å²) < 4.78 is 18.5. The first-order valence-corrected chi connectivity index (χ1v) is 8.19. The van der Waals surface area contributed by atoms with Crippen molar-refractivity contribution in [1.29, 1.82) is 0 Å². The van der Waals surface area contributed by atoms with Crippen LogP contribution in [0.4, 0.5) is 4.39 Å². The molecule has 1 aromatic carbocycles. The molecule has 1 unspecified atom stereocenters. The number of hydrogen-bond acceptors (Lipinski definition) is 3. The minimum Gasteiger partial charge on any atom is -0.496 e. The van der Waals surface area contributed by atoms with Crippen LogP contribution in [0, 0.1) is 5.82 Å². The predicted molar refractivity (Wildman–Crippen MR) is 87.0 cm³/mol. The molecule has 0 radical (unpaired) electrons. The van der Waals surface area contributed by atoms with Gasteiger partial charge in [-0.15, -0.1) is 11.3 Å². The van der Waals surface area contributed by atoms with E-state index in [1.54, 1.807) is 30.6 Å². The maximum Gasteiger partial charge on any atom is 0.141 e. The summed E-state index contributed by atoms with van der Waals surface area (Å²) in [5.41, 5.74) is 1.02. The van der Waals surface area contributed by atoms with Gasteiger partial charge in [-0.25, -0.2) is 4.39 Å². The Kier molecular flexibility index (Phi) is 6.03. The van der Waals surface area contributed by atoms with Crippen LogP contribution in [0.5, 0.6) is 5.75 Å². The van der Waals surface area contributed by atoms with Gasteiger partial charge in [0.15, 0.2) is 0 Å². The van der Waals surface area contributed by atoms with Crippen LogP contribution in [0.15, 0.2) is 29.6 Å². The van der Waals surface area contributed by atoms with E-state index in [4.69, 9.17) is 16.3 Å². The second-order valence-electron chi connectivity index (χ2n) is 4.85. The largest absolute Gasteiger partial charge is 0.496 e. The van der Waals surface area contributed by atoms with E-state index in [1.807, 2.05) is 11.4 Å². The fraction of sp³-hybridized carbons (Fsp3) is 0.375. The fourth-order valence-electron chi connectivity index (χ4n) is 2.12. The first kappa shape index (κ1) is 16.3. The van der Waals surface area contributed by atoms with Gasteiger partial charge in [-0.2, -0.15) is 0 Å². The Morgan fingerprint density at radius 3 is 2.81 bits per heavy atom. The standard InChI is InChI=1S/C16H19ClFNOS/c1-3-6-19-15(16-9-12(20-2)10-21-16)8-11-4-5-14(18)13(17)7-11/h4-5,7,9-10,15,19H,3,6,8H2,1-2H3. The summed E-state index contributed by atoms with van der Waals surface area (Å²) in [5, 5.41) is 5.69. The first-order chi connectivity index (χ1) is 10.1. The number of rotatable bonds is 7. The summed E-state index contributed by atoms with van der Waals surface area (Å²) in [6, 6.07) is 7.13. The van der Waals surface area contributed by atoms with Gasteiger partial charge in [-0.05, 0) is 43.1 Å². The highest BCUT2D eigenvalue weighted by molar-refractivity contribution is 7.10. The van der Waals surface area contributed by atoms with Gasteiger partial charge in [-0.1, -0.05) is 24.6 Å². The summed E-state index contributed by atoms with van der Waals surface area (Å²) in [5.74, 6) is 0.492. The Morgan fingerprint density at radius 1 is 1.38 bits per heavy atom. The lowest BCUT2D eigenvalue weighted by Crippen LogP contribution is -2.23. The van der Waals surface area contributed by atoms with Crippen molar-refractivity contribution in [3.63, 3.8) is 0 Å². The molecule has 0 aliphatic carbocycles. The minimum absolute atomic E-state index is 0.172. The second kappa shape index (κ2) is 7.78. The molecule has 1 heterocycles. The Balaban J connectivity index is 2.17. The topological polar surface area (TPSA) is 21.3 Å². The number of hydrogen-bond donors (Lipinski definition) is 1. The van der Waals surface area contributed by atoms with Crippen molar-refractivity contribution in [2.75, 3.05) is 13.7 Å². The van der Waals surface area contributed by atoms with Crippen molar-refractivity contribution >= 4 is 22.9 Å². The number of nitrogens with one attached hydrogen (secondary N) is 1. The average Bonchev–Trinajstić information content (AvgIpc) is 2.96. The maximum absolute atomic E-state index is 13.2. The highest BCUT2D eigenvalue weighted by atomic mass is 35.5. The third-order valence-electron chi connectivity index (χ3n) is 3.24. The van der Waals surface area contributed by atoms with E-state index in [1.165, 1.54) is 10.9 Å². The number of benzene rings is 1. The van der Waals surface area contributed by atoms with E-state index in [-0.39, 0.29) is 16.9 Å². The third kappa shape index (κ3) is 4.43. The predicted octanol–water partition coefficient (Wildman–Crippen LogP) is 4.83. The van der Waals surface area contributed by atoms with Crippen LogP contribution in [-0.4, -0.2) is 13.7 Å². The van der Waals surface area contributed by atoms with E-state index in [9.17, 15) is 4.39 Å². The smallest absolute Gasteiger partial charge is 0.141 e. The lowest BCUT2D eigenvalue weighted by atomic mass is 10.0. The number of thiophene rings is 1. The molecule has 0 spiro atoms. The maximum atomic E-state index is 13.2. The third-order valence-corrected chi connectivity index (χ3v) is 4.55. The Labute approximate surface area is 133 Å². The molecule has 1 atom stereocenters. The molecule has 0 saturated carbocycles. The lowest BCUT2D eigenvalue weighted by molar-refractivity contribution is 0.415. The molecule has 114 valence electrons. The number of halogens is 2. The molecule has 5 heteroatoms. The van der Waals surface area contributed by atoms with Gasteiger partial charge in [0.2, 0.25) is 0 Å². The van der Waals surface area contributed by atoms with Crippen LogP contribution in [0.3, 0.4) is 0 Å². The SMILES string of the molecule is CCCNC(Cc1ccc(F)c(Cl)c1)c1cc(OC)cs1. The molecule has 0 fully saturated rings. The molecular weight excluding hydrogens is 309 g/mol. The zero-order chi connectivity index (χ0) is 15.2. The van der Waals surface area contributed by atoms with Crippen molar-refractivity contribution in [1.82, 2.24) is 5.32 Å². The highest BCUT2D eigenvalue weighted by Crippen LogP contribution is 2.29. The first-order valence-electron chi connectivity index (χ1n) is 6.93. The molecule has 1 N–H and O–H groups in total. The average molecular weight is 328 g/mol. The molecule has 0 aliphatic heterocycles. The van der Waals surface area contributed by atoms with Crippen molar-refractivity contribution in [3.05, 3.63) is 50.9 Å².